The topological polar surface area (TPSA) is 17.1 Å². The van der Waals surface area contributed by atoms with E-state index in [0.29, 0.717) is 5.56 Å². The first kappa shape index (κ1) is 13.0. The normalized spacial score (nSPS) is 13.3. The molecule has 0 N–H and O–H groups in total. The number of carbonyl (C=O) groups excluding carboxylic acids is 1. The number of hydrogen-bond acceptors (Lipinski definition) is 1. The van der Waals surface area contributed by atoms with Crippen molar-refractivity contribution in [1.82, 2.24) is 0 Å². The van der Waals surface area contributed by atoms with Crippen molar-refractivity contribution in [3.05, 3.63) is 70.3 Å². The van der Waals surface area contributed by atoms with E-state index in [1.807, 2.05) is 12.1 Å². The maximum absolute atomic E-state index is 13.6. The summed E-state index contributed by atoms with van der Waals surface area (Å²) in [6.07, 6.45) is 3.06. The predicted octanol–water partition coefficient (Wildman–Crippen LogP) is 3.88. The Morgan fingerprint density at radius 3 is 2.70 bits per heavy atom. The largest absolute Gasteiger partial charge is 0.294 e. The van der Waals surface area contributed by atoms with Gasteiger partial charge in [-0.3, -0.25) is 4.79 Å². The number of carbonyl (C=O) groups is 1. The van der Waals surface area contributed by atoms with Crippen molar-refractivity contribution in [3.8, 4) is 0 Å². The van der Waals surface area contributed by atoms with Gasteiger partial charge in [-0.1, -0.05) is 24.3 Å². The van der Waals surface area contributed by atoms with Crippen LogP contribution in [0.15, 0.2) is 36.4 Å². The highest BCUT2D eigenvalue weighted by atomic mass is 19.2. The second-order valence-corrected chi connectivity index (χ2v) is 5.15. The molecule has 102 valence electrons. The average molecular weight is 272 g/mol. The van der Waals surface area contributed by atoms with Crippen LogP contribution in [0.4, 0.5) is 8.78 Å². The van der Waals surface area contributed by atoms with Crippen LogP contribution in [-0.2, 0) is 19.3 Å². The minimum absolute atomic E-state index is 0.107. The molecule has 0 heterocycles. The maximum atomic E-state index is 13.6. The summed E-state index contributed by atoms with van der Waals surface area (Å²) in [7, 11) is 0. The molecule has 0 atom stereocenters. The summed E-state index contributed by atoms with van der Waals surface area (Å²) in [4.78, 5) is 12.2. The number of hydrogen-bond donors (Lipinski definition) is 0. The standard InChI is InChI=1S/C17H14F2O/c18-15-6-2-5-14(17(15)19)10-16(20)13-8-7-11-3-1-4-12(11)9-13/h2,5-9H,1,3-4,10H2. The highest BCUT2D eigenvalue weighted by molar-refractivity contribution is 5.97. The lowest BCUT2D eigenvalue weighted by Crippen LogP contribution is -2.06. The van der Waals surface area contributed by atoms with Gasteiger partial charge in [-0.25, -0.2) is 8.78 Å². The van der Waals surface area contributed by atoms with Crippen LogP contribution >= 0.6 is 0 Å². The lowest BCUT2D eigenvalue weighted by Gasteiger charge is -2.06. The van der Waals surface area contributed by atoms with Crippen molar-refractivity contribution in [2.45, 2.75) is 25.7 Å². The number of halogens is 2. The molecule has 1 aliphatic rings. The minimum Gasteiger partial charge on any atom is -0.294 e. The zero-order valence-electron chi connectivity index (χ0n) is 11.0. The molecule has 1 nitrogen and oxygen atoms in total. The SMILES string of the molecule is O=C(Cc1cccc(F)c1F)c1ccc2c(c1)CCC2. The molecule has 1 aliphatic carbocycles. The molecule has 0 aliphatic heterocycles. The maximum Gasteiger partial charge on any atom is 0.167 e. The molecule has 0 saturated heterocycles. The lowest BCUT2D eigenvalue weighted by molar-refractivity contribution is 0.0991. The van der Waals surface area contributed by atoms with E-state index in [1.165, 1.54) is 23.3 Å². The Morgan fingerprint density at radius 1 is 1.05 bits per heavy atom. The van der Waals surface area contributed by atoms with Crippen LogP contribution in [0.3, 0.4) is 0 Å². The molecule has 3 heteroatoms. The summed E-state index contributed by atoms with van der Waals surface area (Å²) in [6.45, 7) is 0. The summed E-state index contributed by atoms with van der Waals surface area (Å²) < 4.78 is 26.7. The summed E-state index contributed by atoms with van der Waals surface area (Å²) >= 11 is 0. The van der Waals surface area contributed by atoms with Crippen molar-refractivity contribution >= 4 is 5.78 Å². The minimum atomic E-state index is -0.929. The van der Waals surface area contributed by atoms with Crippen molar-refractivity contribution in [2.75, 3.05) is 0 Å². The number of fused-ring (bicyclic) bond motifs is 1. The van der Waals surface area contributed by atoms with Gasteiger partial charge < -0.3 is 0 Å². The average Bonchev–Trinajstić information content (AvgIpc) is 2.91. The predicted molar refractivity (Wildman–Crippen MR) is 72.9 cm³/mol. The quantitative estimate of drug-likeness (QED) is 0.775. The first-order valence-electron chi connectivity index (χ1n) is 6.73. The lowest BCUT2D eigenvalue weighted by atomic mass is 9.99. The van der Waals surface area contributed by atoms with Crippen molar-refractivity contribution in [3.63, 3.8) is 0 Å². The van der Waals surface area contributed by atoms with E-state index in [2.05, 4.69) is 0 Å². The number of ketones is 1. The Morgan fingerprint density at radius 2 is 1.85 bits per heavy atom. The van der Waals surface area contributed by atoms with Crippen molar-refractivity contribution in [1.29, 1.82) is 0 Å². The number of Topliss-reactive ketones (excluding diaryl/α,β-unsaturated/α-hetero) is 1. The molecular weight excluding hydrogens is 258 g/mol. The van der Waals surface area contributed by atoms with E-state index in [0.717, 1.165) is 25.3 Å². The van der Waals surface area contributed by atoms with Gasteiger partial charge in [0.1, 0.15) is 0 Å². The van der Waals surface area contributed by atoms with Crippen LogP contribution in [0, 0.1) is 11.6 Å². The van der Waals surface area contributed by atoms with Crippen LogP contribution in [0.1, 0.15) is 33.5 Å². The fraction of sp³-hybridized carbons (Fsp3) is 0.235. The smallest absolute Gasteiger partial charge is 0.167 e. The first-order valence-corrected chi connectivity index (χ1v) is 6.73. The van der Waals surface area contributed by atoms with Gasteiger partial charge in [-0.05, 0) is 48.1 Å². The molecule has 0 fully saturated rings. The van der Waals surface area contributed by atoms with E-state index in [1.54, 1.807) is 6.07 Å². The summed E-state index contributed by atoms with van der Waals surface area (Å²) in [6, 6.07) is 9.56. The molecule has 0 saturated carbocycles. The molecule has 2 aromatic carbocycles. The number of aryl methyl sites for hydroxylation is 2. The van der Waals surface area contributed by atoms with Gasteiger partial charge in [0.25, 0.3) is 0 Å². The highest BCUT2D eigenvalue weighted by Gasteiger charge is 2.16. The van der Waals surface area contributed by atoms with Crippen LogP contribution in [0.25, 0.3) is 0 Å². The number of benzene rings is 2. The first-order chi connectivity index (χ1) is 9.65. The zero-order valence-corrected chi connectivity index (χ0v) is 11.0. The van der Waals surface area contributed by atoms with E-state index in [4.69, 9.17) is 0 Å². The van der Waals surface area contributed by atoms with Gasteiger partial charge in [0.15, 0.2) is 17.4 Å². The van der Waals surface area contributed by atoms with Crippen molar-refractivity contribution in [2.24, 2.45) is 0 Å². The summed E-state index contributed by atoms with van der Waals surface area (Å²) in [5.74, 6) is -2.02. The molecule has 0 spiro atoms. The monoisotopic (exact) mass is 272 g/mol. The molecule has 0 radical (unpaired) electrons. The van der Waals surface area contributed by atoms with Crippen molar-refractivity contribution < 1.29 is 13.6 Å². The molecule has 2 aromatic rings. The molecule has 0 amide bonds. The second-order valence-electron chi connectivity index (χ2n) is 5.15. The summed E-state index contributed by atoms with van der Waals surface area (Å²) in [5, 5.41) is 0. The van der Waals surface area contributed by atoms with Gasteiger partial charge >= 0.3 is 0 Å². The number of rotatable bonds is 3. The Bertz CT molecular complexity index is 677. The van der Waals surface area contributed by atoms with E-state index in [-0.39, 0.29) is 17.8 Å². The van der Waals surface area contributed by atoms with E-state index in [9.17, 15) is 13.6 Å². The van der Waals surface area contributed by atoms with Crippen LogP contribution < -0.4 is 0 Å². The Kier molecular flexibility index (Phi) is 3.35. The summed E-state index contributed by atoms with van der Waals surface area (Å²) in [5.41, 5.74) is 3.18. The van der Waals surface area contributed by atoms with Crippen LogP contribution in [-0.4, -0.2) is 5.78 Å². The molecule has 0 bridgehead atoms. The highest BCUT2D eigenvalue weighted by Crippen LogP contribution is 2.23. The van der Waals surface area contributed by atoms with E-state index < -0.39 is 11.6 Å². The third-order valence-electron chi connectivity index (χ3n) is 3.80. The second kappa shape index (κ2) is 5.16. The molecule has 0 unspecified atom stereocenters. The Labute approximate surface area is 116 Å². The van der Waals surface area contributed by atoms with Crippen LogP contribution in [0.5, 0.6) is 0 Å². The van der Waals surface area contributed by atoms with Gasteiger partial charge in [0.05, 0.1) is 0 Å². The fourth-order valence-corrected chi connectivity index (χ4v) is 2.71. The molecular formula is C17H14F2O. The molecule has 20 heavy (non-hydrogen) atoms. The van der Waals surface area contributed by atoms with E-state index >= 15 is 0 Å². The molecule has 3 rings (SSSR count). The van der Waals surface area contributed by atoms with Gasteiger partial charge in [-0.2, -0.15) is 0 Å². The Balaban J connectivity index is 1.84. The third-order valence-corrected chi connectivity index (χ3v) is 3.80. The van der Waals surface area contributed by atoms with Gasteiger partial charge in [0, 0.05) is 12.0 Å². The third kappa shape index (κ3) is 2.36. The Hall–Kier alpha value is -2.03. The molecule has 0 aromatic heterocycles. The van der Waals surface area contributed by atoms with Gasteiger partial charge in [0.2, 0.25) is 0 Å². The van der Waals surface area contributed by atoms with Crippen LogP contribution in [0.2, 0.25) is 0 Å². The van der Waals surface area contributed by atoms with Gasteiger partial charge in [-0.15, -0.1) is 0 Å². The fourth-order valence-electron chi connectivity index (χ4n) is 2.71. The zero-order chi connectivity index (χ0) is 14.1.